The van der Waals surface area contributed by atoms with Crippen LogP contribution < -0.4 is 0 Å². The zero-order valence-electron chi connectivity index (χ0n) is 28.2. The molecule has 0 amide bonds. The van der Waals surface area contributed by atoms with Crippen molar-refractivity contribution >= 4 is 33.3 Å². The Bertz CT molecular complexity index is 2840. The van der Waals surface area contributed by atoms with Gasteiger partial charge in [-0.2, -0.15) is 0 Å². The predicted octanol–water partition coefficient (Wildman–Crippen LogP) is 12.9. The van der Waals surface area contributed by atoms with E-state index in [4.69, 9.17) is 32.5 Å². The van der Waals surface area contributed by atoms with Crippen LogP contribution in [0.2, 0.25) is 0 Å². The lowest BCUT2D eigenvalue weighted by Crippen LogP contribution is -2.00. The maximum atomic E-state index is 7.91. The van der Waals surface area contributed by atoms with Crippen LogP contribution in [0.15, 0.2) is 168 Å². The third-order valence-electron chi connectivity index (χ3n) is 9.40. The Morgan fingerprint density at radius 3 is 1.49 bits per heavy atom. The molecule has 2 aromatic heterocycles. The Hall–Kier alpha value is -7.67. The topological polar surface area (TPSA) is 60.5 Å². The molecule has 0 radical (unpaired) electrons. The summed E-state index contributed by atoms with van der Waals surface area (Å²) in [7, 11) is 0. The number of nitrogens with zero attached hydrogens (tertiary/aromatic N) is 5. The largest absolute Gasteiger partial charge is 0.455 e. The average Bonchev–Trinajstić information content (AvgIpc) is 3.63. The van der Waals surface area contributed by atoms with E-state index in [0.29, 0.717) is 34.4 Å². The van der Waals surface area contributed by atoms with Crippen LogP contribution in [-0.4, -0.2) is 15.0 Å². The molecule has 2 heterocycles. The lowest BCUT2D eigenvalue weighted by Gasteiger charge is -2.11. The van der Waals surface area contributed by atoms with Gasteiger partial charge < -0.3 is 4.42 Å². The maximum absolute atomic E-state index is 7.91. The van der Waals surface area contributed by atoms with Crippen molar-refractivity contribution in [2.75, 3.05) is 0 Å². The Labute approximate surface area is 306 Å². The molecule has 9 rings (SSSR count). The lowest BCUT2D eigenvalue weighted by atomic mass is 9.92. The van der Waals surface area contributed by atoms with Crippen molar-refractivity contribution in [1.29, 1.82) is 0 Å². The number of para-hydroxylation sites is 2. The van der Waals surface area contributed by atoms with Gasteiger partial charge in [0.05, 0.1) is 13.1 Å². The summed E-state index contributed by atoms with van der Waals surface area (Å²) in [4.78, 5) is 22.3. The van der Waals surface area contributed by atoms with Gasteiger partial charge in [0, 0.05) is 33.0 Å². The molecule has 53 heavy (non-hydrogen) atoms. The third-order valence-corrected chi connectivity index (χ3v) is 9.40. The Morgan fingerprint density at radius 2 is 0.887 bits per heavy atom. The first kappa shape index (κ1) is 31.3. The molecule has 0 spiro atoms. The van der Waals surface area contributed by atoms with Gasteiger partial charge in [-0.25, -0.2) is 24.6 Å². The quantitative estimate of drug-likeness (QED) is 0.164. The molecular formula is C47H27N5O. The second-order valence-electron chi connectivity index (χ2n) is 12.6. The highest BCUT2D eigenvalue weighted by Gasteiger charge is 2.20. The molecule has 0 aliphatic rings. The van der Waals surface area contributed by atoms with Gasteiger partial charge in [0.15, 0.2) is 28.8 Å². The van der Waals surface area contributed by atoms with Crippen LogP contribution in [0.5, 0.6) is 0 Å². The fraction of sp³-hybridized carbons (Fsp3) is 0. The number of rotatable bonds is 6. The molecule has 7 aromatic carbocycles. The molecule has 0 aliphatic heterocycles. The Balaban J connectivity index is 1.22. The summed E-state index contributed by atoms with van der Waals surface area (Å²) < 4.78 is 6.66. The van der Waals surface area contributed by atoms with Crippen molar-refractivity contribution < 1.29 is 4.42 Å². The summed E-state index contributed by atoms with van der Waals surface area (Å²) >= 11 is 0. The molecule has 0 saturated carbocycles. The molecule has 0 bridgehead atoms. The highest BCUT2D eigenvalue weighted by Crippen LogP contribution is 2.46. The van der Waals surface area contributed by atoms with Crippen LogP contribution in [0.3, 0.4) is 0 Å². The van der Waals surface area contributed by atoms with Gasteiger partial charge in [-0.1, -0.05) is 146 Å². The smallest absolute Gasteiger partial charge is 0.195 e. The first-order chi connectivity index (χ1) is 26.2. The van der Waals surface area contributed by atoms with E-state index < -0.39 is 0 Å². The highest BCUT2D eigenvalue weighted by atomic mass is 16.3. The third kappa shape index (κ3) is 5.67. The number of fused-ring (bicyclic) bond motifs is 3. The zero-order valence-corrected chi connectivity index (χ0v) is 28.2. The van der Waals surface area contributed by atoms with Crippen LogP contribution in [0.25, 0.3) is 99.2 Å². The first-order valence-corrected chi connectivity index (χ1v) is 17.1. The first-order valence-electron chi connectivity index (χ1n) is 17.1. The van der Waals surface area contributed by atoms with Gasteiger partial charge in [0.1, 0.15) is 11.2 Å². The van der Waals surface area contributed by atoms with Crippen LogP contribution >= 0.6 is 0 Å². The van der Waals surface area contributed by atoms with Gasteiger partial charge in [-0.05, 0) is 46.0 Å². The second-order valence-corrected chi connectivity index (χ2v) is 12.6. The Kier molecular flexibility index (Phi) is 7.82. The van der Waals surface area contributed by atoms with E-state index in [1.165, 1.54) is 0 Å². The number of hydrogen-bond acceptors (Lipinski definition) is 4. The summed E-state index contributed by atoms with van der Waals surface area (Å²) in [5.41, 5.74) is 10.5. The molecular weight excluding hydrogens is 651 g/mol. The molecule has 0 aliphatic carbocycles. The summed E-state index contributed by atoms with van der Waals surface area (Å²) in [5.74, 6) is 1.81. The van der Waals surface area contributed by atoms with Crippen molar-refractivity contribution in [2.24, 2.45) is 0 Å². The molecule has 0 atom stereocenters. The minimum absolute atomic E-state index is 0.532. The minimum atomic E-state index is 0.532. The Morgan fingerprint density at radius 1 is 0.396 bits per heavy atom. The van der Waals surface area contributed by atoms with Gasteiger partial charge in [-0.3, -0.25) is 0 Å². The summed E-state index contributed by atoms with van der Waals surface area (Å²) in [6.07, 6.45) is 0. The maximum Gasteiger partial charge on any atom is 0.195 e. The van der Waals surface area contributed by atoms with Crippen LogP contribution in [-0.2, 0) is 0 Å². The number of hydrogen-bond donors (Lipinski definition) is 0. The molecule has 0 unspecified atom stereocenters. The standard InChI is InChI=1S/C47H27N5O/c1-48-40-21-11-9-18-35(40)34-28-38(37-19-10-12-22-41(37)49-2)44-39(29-34)43-36(20-13-23-42(43)53-44)30-24-26-33(27-25-30)47-51-45(31-14-5-3-6-15-31)50-46(52-47)32-16-7-4-8-17-32/h3-29H. The molecule has 0 N–H and O–H groups in total. The van der Waals surface area contributed by atoms with Crippen molar-refractivity contribution in [3.8, 4) is 67.5 Å². The normalized spacial score (nSPS) is 11.0. The molecule has 0 fully saturated rings. The van der Waals surface area contributed by atoms with E-state index in [0.717, 1.165) is 66.4 Å². The number of furan rings is 1. The molecule has 6 heteroatoms. The minimum Gasteiger partial charge on any atom is -0.455 e. The molecule has 6 nitrogen and oxygen atoms in total. The fourth-order valence-electron chi connectivity index (χ4n) is 6.88. The van der Waals surface area contributed by atoms with Crippen molar-refractivity contribution in [3.63, 3.8) is 0 Å². The lowest BCUT2D eigenvalue weighted by molar-refractivity contribution is 0.670. The van der Waals surface area contributed by atoms with Crippen molar-refractivity contribution in [3.05, 3.63) is 187 Å². The van der Waals surface area contributed by atoms with Gasteiger partial charge in [0.2, 0.25) is 0 Å². The van der Waals surface area contributed by atoms with Crippen LogP contribution in [0, 0.1) is 13.1 Å². The van der Waals surface area contributed by atoms with E-state index >= 15 is 0 Å². The summed E-state index contributed by atoms with van der Waals surface area (Å²) in [6, 6.07) is 53.6. The van der Waals surface area contributed by atoms with E-state index in [-0.39, 0.29) is 0 Å². The molecule has 9 aromatic rings. The van der Waals surface area contributed by atoms with Crippen molar-refractivity contribution in [2.45, 2.75) is 0 Å². The van der Waals surface area contributed by atoms with Crippen molar-refractivity contribution in [1.82, 2.24) is 15.0 Å². The van der Waals surface area contributed by atoms with Crippen LogP contribution in [0.4, 0.5) is 11.4 Å². The second kappa shape index (κ2) is 13.2. The van der Waals surface area contributed by atoms with E-state index in [9.17, 15) is 0 Å². The molecule has 0 saturated heterocycles. The van der Waals surface area contributed by atoms with E-state index in [2.05, 4.69) is 34.0 Å². The molecule has 246 valence electrons. The zero-order chi connectivity index (χ0) is 35.7. The van der Waals surface area contributed by atoms with E-state index in [1.807, 2.05) is 140 Å². The van der Waals surface area contributed by atoms with Crippen LogP contribution in [0.1, 0.15) is 0 Å². The van der Waals surface area contributed by atoms with Gasteiger partial charge in [-0.15, -0.1) is 0 Å². The average molecular weight is 678 g/mol. The summed E-state index contributed by atoms with van der Waals surface area (Å²) in [6.45, 7) is 15.8. The van der Waals surface area contributed by atoms with Gasteiger partial charge >= 0.3 is 0 Å². The summed E-state index contributed by atoms with van der Waals surface area (Å²) in [5, 5.41) is 1.86. The monoisotopic (exact) mass is 677 g/mol. The highest BCUT2D eigenvalue weighted by molar-refractivity contribution is 6.17. The predicted molar refractivity (Wildman–Crippen MR) is 212 cm³/mol. The fourth-order valence-corrected chi connectivity index (χ4v) is 6.88. The number of aromatic nitrogens is 3. The number of benzene rings is 7. The van der Waals surface area contributed by atoms with Gasteiger partial charge in [0.25, 0.3) is 0 Å². The SMILES string of the molecule is [C-]#[N+]c1ccccc1-c1cc(-c2ccccc2[N+]#[C-])c2oc3cccc(-c4ccc(-c5nc(-c6ccccc6)nc(-c6ccccc6)n5)cc4)c3c2c1. The van der Waals surface area contributed by atoms with E-state index in [1.54, 1.807) is 0 Å².